The van der Waals surface area contributed by atoms with Crippen molar-refractivity contribution in [3.8, 4) is 17.2 Å². The van der Waals surface area contributed by atoms with Crippen LogP contribution < -0.4 is 19.5 Å². The molecule has 0 radical (unpaired) electrons. The second-order valence-electron chi connectivity index (χ2n) is 8.23. The van der Waals surface area contributed by atoms with Crippen LogP contribution in [0.5, 0.6) is 17.2 Å². The number of nitrogens with one attached hydrogen (secondary N) is 1. The summed E-state index contributed by atoms with van der Waals surface area (Å²) < 4.78 is 16.5. The van der Waals surface area contributed by atoms with E-state index in [4.69, 9.17) is 25.8 Å². The van der Waals surface area contributed by atoms with Crippen LogP contribution in [0, 0.1) is 6.92 Å². The van der Waals surface area contributed by atoms with E-state index >= 15 is 0 Å². The van der Waals surface area contributed by atoms with Crippen LogP contribution >= 0.6 is 23.4 Å². The van der Waals surface area contributed by atoms with Gasteiger partial charge in [0.25, 0.3) is 17.1 Å². The van der Waals surface area contributed by atoms with Crippen molar-refractivity contribution in [3.63, 3.8) is 0 Å². The van der Waals surface area contributed by atoms with Gasteiger partial charge in [0.15, 0.2) is 18.1 Å². The van der Waals surface area contributed by atoms with Crippen molar-refractivity contribution in [1.29, 1.82) is 0 Å². The molecule has 196 valence electrons. The normalized spacial score (nSPS) is 14.1. The Kier molecular flexibility index (Phi) is 8.93. The fraction of sp³-hybridized carbons (Fsp3) is 0.179. The molecule has 1 fully saturated rings. The van der Waals surface area contributed by atoms with Gasteiger partial charge < -0.3 is 19.5 Å². The standard InChI is InChI=1S/C28H25ClN2O6S/c1-18-6-5-7-20(14-18)30-26(32)17-37-22-11-10-19(15-21(22)29)16-25-27(33)31(28(34)38-25)12-13-36-24-9-4-3-8-23(24)35-2/h3-11,14-16H,12-13,17H2,1-2H3,(H,30,32)/b25-16-. The number of carbonyl (C=O) groups is 3. The fourth-order valence-electron chi connectivity index (χ4n) is 3.62. The fourth-order valence-corrected chi connectivity index (χ4v) is 4.72. The van der Waals surface area contributed by atoms with Gasteiger partial charge in [0, 0.05) is 5.69 Å². The average molecular weight is 553 g/mol. The van der Waals surface area contributed by atoms with Crippen LogP contribution in [0.25, 0.3) is 6.08 Å². The molecule has 0 aromatic heterocycles. The van der Waals surface area contributed by atoms with Crippen LogP contribution in [0.4, 0.5) is 10.5 Å². The summed E-state index contributed by atoms with van der Waals surface area (Å²) in [7, 11) is 1.54. The smallest absolute Gasteiger partial charge is 0.293 e. The van der Waals surface area contributed by atoms with Crippen LogP contribution in [0.1, 0.15) is 11.1 Å². The molecule has 1 aliphatic rings. The number of rotatable bonds is 10. The molecule has 1 aliphatic heterocycles. The summed E-state index contributed by atoms with van der Waals surface area (Å²) in [6, 6.07) is 19.5. The first kappa shape index (κ1) is 27.1. The highest BCUT2D eigenvalue weighted by atomic mass is 35.5. The highest BCUT2D eigenvalue weighted by molar-refractivity contribution is 8.18. The van der Waals surface area contributed by atoms with Crippen molar-refractivity contribution in [3.05, 3.63) is 87.8 Å². The van der Waals surface area contributed by atoms with Crippen LogP contribution in [0.3, 0.4) is 0 Å². The van der Waals surface area contributed by atoms with Gasteiger partial charge in [-0.05, 0) is 72.3 Å². The first-order valence-corrected chi connectivity index (χ1v) is 12.8. The number of anilines is 1. The molecule has 0 spiro atoms. The van der Waals surface area contributed by atoms with Gasteiger partial charge in [0.2, 0.25) is 0 Å². The van der Waals surface area contributed by atoms with Gasteiger partial charge in [-0.1, -0.05) is 41.9 Å². The van der Waals surface area contributed by atoms with E-state index in [9.17, 15) is 14.4 Å². The molecule has 10 heteroatoms. The molecular formula is C28H25ClN2O6S. The van der Waals surface area contributed by atoms with Gasteiger partial charge in [-0.3, -0.25) is 19.3 Å². The largest absolute Gasteiger partial charge is 0.493 e. The van der Waals surface area contributed by atoms with Gasteiger partial charge in [-0.2, -0.15) is 0 Å². The van der Waals surface area contributed by atoms with Crippen LogP contribution in [0.15, 0.2) is 71.6 Å². The zero-order valence-electron chi connectivity index (χ0n) is 20.7. The number of benzene rings is 3. The van der Waals surface area contributed by atoms with Crippen molar-refractivity contribution in [2.24, 2.45) is 0 Å². The van der Waals surface area contributed by atoms with Crippen LogP contribution in [0.2, 0.25) is 5.02 Å². The van der Waals surface area contributed by atoms with Gasteiger partial charge in [-0.25, -0.2) is 0 Å². The molecule has 1 heterocycles. The predicted octanol–water partition coefficient (Wildman–Crippen LogP) is 5.79. The lowest BCUT2D eigenvalue weighted by molar-refractivity contribution is -0.123. The minimum Gasteiger partial charge on any atom is -0.493 e. The monoisotopic (exact) mass is 552 g/mol. The minimum absolute atomic E-state index is 0.0954. The van der Waals surface area contributed by atoms with E-state index in [-0.39, 0.29) is 40.8 Å². The number of aryl methyl sites for hydroxylation is 1. The third kappa shape index (κ3) is 6.87. The van der Waals surface area contributed by atoms with Crippen molar-refractivity contribution in [1.82, 2.24) is 4.90 Å². The summed E-state index contributed by atoms with van der Waals surface area (Å²) in [4.78, 5) is 38.9. The van der Waals surface area contributed by atoms with Crippen molar-refractivity contribution < 1.29 is 28.6 Å². The topological polar surface area (TPSA) is 94.2 Å². The first-order chi connectivity index (χ1) is 18.3. The number of thioether (sulfide) groups is 1. The third-order valence-corrected chi connectivity index (χ3v) is 6.63. The number of para-hydroxylation sites is 2. The number of nitrogens with zero attached hydrogens (tertiary/aromatic N) is 1. The summed E-state index contributed by atoms with van der Waals surface area (Å²) in [6.45, 7) is 1.94. The number of amides is 3. The number of imide groups is 1. The predicted molar refractivity (Wildman–Crippen MR) is 148 cm³/mol. The molecule has 1 saturated heterocycles. The summed E-state index contributed by atoms with van der Waals surface area (Å²) in [5.41, 5.74) is 2.32. The Morgan fingerprint density at radius 1 is 1.00 bits per heavy atom. The zero-order valence-corrected chi connectivity index (χ0v) is 22.3. The molecule has 1 N–H and O–H groups in total. The Morgan fingerprint density at radius 2 is 1.79 bits per heavy atom. The minimum atomic E-state index is -0.409. The Bertz CT molecular complexity index is 1390. The number of halogens is 1. The molecule has 4 rings (SSSR count). The van der Waals surface area contributed by atoms with E-state index in [1.807, 2.05) is 37.3 Å². The average Bonchev–Trinajstić information content (AvgIpc) is 3.15. The Balaban J connectivity index is 1.32. The highest BCUT2D eigenvalue weighted by Gasteiger charge is 2.34. The lowest BCUT2D eigenvalue weighted by atomic mass is 10.2. The molecule has 0 saturated carbocycles. The lowest BCUT2D eigenvalue weighted by Gasteiger charge is -2.14. The van der Waals surface area contributed by atoms with E-state index in [0.29, 0.717) is 28.5 Å². The first-order valence-electron chi connectivity index (χ1n) is 11.6. The summed E-state index contributed by atoms with van der Waals surface area (Å²) in [6.07, 6.45) is 1.59. The molecule has 38 heavy (non-hydrogen) atoms. The van der Waals surface area contributed by atoms with Crippen molar-refractivity contribution >= 4 is 52.2 Å². The maximum atomic E-state index is 12.8. The highest BCUT2D eigenvalue weighted by Crippen LogP contribution is 2.34. The molecule has 0 unspecified atom stereocenters. The lowest BCUT2D eigenvalue weighted by Crippen LogP contribution is -2.32. The SMILES string of the molecule is COc1ccccc1OCCN1C(=O)S/C(=C\c2ccc(OCC(=O)Nc3cccc(C)c3)c(Cl)c2)C1=O. The summed E-state index contributed by atoms with van der Waals surface area (Å²) in [5.74, 6) is 0.691. The van der Waals surface area contributed by atoms with E-state index < -0.39 is 5.91 Å². The molecule has 8 nitrogen and oxygen atoms in total. The summed E-state index contributed by atoms with van der Waals surface area (Å²) in [5, 5.41) is 2.66. The number of methoxy groups -OCH3 is 1. The quantitative estimate of drug-likeness (QED) is 0.318. The Hall–Kier alpha value is -3.95. The molecule has 0 bridgehead atoms. The molecule has 3 aromatic rings. The van der Waals surface area contributed by atoms with Crippen LogP contribution in [-0.2, 0) is 9.59 Å². The van der Waals surface area contributed by atoms with Crippen molar-refractivity contribution in [2.45, 2.75) is 6.92 Å². The second-order valence-corrected chi connectivity index (χ2v) is 9.63. The van der Waals surface area contributed by atoms with E-state index in [2.05, 4.69) is 5.32 Å². The molecule has 0 aliphatic carbocycles. The molecule has 0 atom stereocenters. The van der Waals surface area contributed by atoms with Gasteiger partial charge in [0.05, 0.1) is 23.6 Å². The number of carbonyl (C=O) groups excluding carboxylic acids is 3. The van der Waals surface area contributed by atoms with Gasteiger partial charge in [0.1, 0.15) is 12.4 Å². The van der Waals surface area contributed by atoms with E-state index in [0.717, 1.165) is 22.2 Å². The molecule has 3 amide bonds. The van der Waals surface area contributed by atoms with Crippen LogP contribution in [-0.4, -0.2) is 48.8 Å². The summed E-state index contributed by atoms with van der Waals surface area (Å²) >= 11 is 7.19. The van der Waals surface area contributed by atoms with Gasteiger partial charge in [-0.15, -0.1) is 0 Å². The zero-order chi connectivity index (χ0) is 27.1. The number of hydrogen-bond acceptors (Lipinski definition) is 7. The number of ether oxygens (including phenoxy) is 3. The van der Waals surface area contributed by atoms with E-state index in [1.54, 1.807) is 42.5 Å². The third-order valence-electron chi connectivity index (χ3n) is 5.43. The Morgan fingerprint density at radius 3 is 2.53 bits per heavy atom. The Labute approximate surface area is 229 Å². The molecular weight excluding hydrogens is 528 g/mol. The second kappa shape index (κ2) is 12.5. The molecule has 3 aromatic carbocycles. The van der Waals surface area contributed by atoms with Gasteiger partial charge >= 0.3 is 0 Å². The maximum Gasteiger partial charge on any atom is 0.293 e. The van der Waals surface area contributed by atoms with E-state index in [1.165, 1.54) is 7.11 Å². The maximum absolute atomic E-state index is 12.8. The number of hydrogen-bond donors (Lipinski definition) is 1. The van der Waals surface area contributed by atoms with Crippen molar-refractivity contribution in [2.75, 3.05) is 32.2 Å².